The molecule has 0 bridgehead atoms. The second-order valence-electron chi connectivity index (χ2n) is 6.92. The molecule has 0 spiro atoms. The minimum Gasteiger partial charge on any atom is -0.329 e. The van der Waals surface area contributed by atoms with Gasteiger partial charge in [0.15, 0.2) is 0 Å². The Balaban J connectivity index is 1.90. The smallest absolute Gasteiger partial charge is 0.246 e. The molecule has 3 unspecified atom stereocenters. The molecule has 0 aromatic rings. The topological polar surface area (TPSA) is 40.6 Å². The fourth-order valence-electron chi connectivity index (χ4n) is 3.74. The van der Waals surface area contributed by atoms with Gasteiger partial charge in [-0.05, 0) is 37.5 Å². The lowest BCUT2D eigenvalue weighted by molar-refractivity contribution is -0.165. The van der Waals surface area contributed by atoms with Crippen LogP contribution in [-0.4, -0.2) is 46.3 Å². The third-order valence-corrected chi connectivity index (χ3v) is 5.13. The highest BCUT2D eigenvalue weighted by molar-refractivity contribution is 5.97. The molecular weight excluding hydrogens is 240 g/mol. The van der Waals surface area contributed by atoms with Gasteiger partial charge in [0.25, 0.3) is 0 Å². The number of rotatable bonds is 2. The van der Waals surface area contributed by atoms with Crippen LogP contribution in [0.2, 0.25) is 0 Å². The molecule has 1 saturated carbocycles. The highest BCUT2D eigenvalue weighted by Crippen LogP contribution is 2.50. The summed E-state index contributed by atoms with van der Waals surface area (Å²) >= 11 is 0. The second-order valence-corrected chi connectivity index (χ2v) is 6.92. The number of carbonyl (C=O) groups is 2. The molecule has 1 aliphatic carbocycles. The lowest BCUT2D eigenvalue weighted by atomic mass is 9.93. The molecule has 3 rings (SSSR count). The van der Waals surface area contributed by atoms with E-state index in [0.29, 0.717) is 0 Å². The van der Waals surface area contributed by atoms with Gasteiger partial charge in [-0.3, -0.25) is 9.59 Å². The van der Waals surface area contributed by atoms with Crippen LogP contribution in [0.1, 0.15) is 52.9 Å². The van der Waals surface area contributed by atoms with E-state index in [4.69, 9.17) is 0 Å². The number of hydrogen-bond donors (Lipinski definition) is 0. The van der Waals surface area contributed by atoms with E-state index in [1.54, 1.807) is 0 Å². The Bertz CT molecular complexity index is 418. The van der Waals surface area contributed by atoms with E-state index in [2.05, 4.69) is 13.8 Å². The van der Waals surface area contributed by atoms with Crippen molar-refractivity contribution in [1.29, 1.82) is 0 Å². The number of piperidine rings is 1. The standard InChI is InChI=1S/C15H24N2O2/c1-4-10-13(18)16-8-6-5-7-11(16)14(19)17(10)12-9-15(12,2)3/h10-12H,4-9H2,1-3H3. The summed E-state index contributed by atoms with van der Waals surface area (Å²) in [5.41, 5.74) is 0.195. The summed E-state index contributed by atoms with van der Waals surface area (Å²) in [6.45, 7) is 7.17. The molecule has 3 atom stereocenters. The quantitative estimate of drug-likeness (QED) is 0.763. The van der Waals surface area contributed by atoms with Crippen LogP contribution in [0.25, 0.3) is 0 Å². The number of hydrogen-bond acceptors (Lipinski definition) is 2. The monoisotopic (exact) mass is 264 g/mol. The molecule has 2 heterocycles. The third-order valence-electron chi connectivity index (χ3n) is 5.13. The first-order chi connectivity index (χ1) is 8.97. The van der Waals surface area contributed by atoms with Crippen molar-refractivity contribution in [2.75, 3.05) is 6.54 Å². The average molecular weight is 264 g/mol. The summed E-state index contributed by atoms with van der Waals surface area (Å²) in [6, 6.07) is -0.105. The van der Waals surface area contributed by atoms with E-state index in [9.17, 15) is 9.59 Å². The van der Waals surface area contributed by atoms with E-state index >= 15 is 0 Å². The number of amides is 2. The predicted octanol–water partition coefficient (Wildman–Crippen LogP) is 1.79. The van der Waals surface area contributed by atoms with E-state index < -0.39 is 0 Å². The molecule has 19 heavy (non-hydrogen) atoms. The molecular formula is C15H24N2O2. The number of carbonyl (C=O) groups excluding carboxylic acids is 2. The summed E-state index contributed by atoms with van der Waals surface area (Å²) in [4.78, 5) is 29.2. The van der Waals surface area contributed by atoms with Gasteiger partial charge in [-0.15, -0.1) is 0 Å². The largest absolute Gasteiger partial charge is 0.329 e. The Kier molecular flexibility index (Phi) is 2.88. The molecule has 0 aromatic heterocycles. The van der Waals surface area contributed by atoms with Crippen LogP contribution in [0.5, 0.6) is 0 Å². The fourth-order valence-corrected chi connectivity index (χ4v) is 3.74. The molecule has 2 saturated heterocycles. The summed E-state index contributed by atoms with van der Waals surface area (Å²) in [5.74, 6) is 0.399. The van der Waals surface area contributed by atoms with Crippen molar-refractivity contribution in [3.05, 3.63) is 0 Å². The van der Waals surface area contributed by atoms with Crippen molar-refractivity contribution in [1.82, 2.24) is 9.80 Å². The molecule has 3 aliphatic rings. The second kappa shape index (κ2) is 4.22. The molecule has 0 N–H and O–H groups in total. The highest BCUT2D eigenvalue weighted by Gasteiger charge is 2.57. The first kappa shape index (κ1) is 12.9. The minimum absolute atomic E-state index is 0.166. The molecule has 0 radical (unpaired) electrons. The first-order valence-corrected chi connectivity index (χ1v) is 7.60. The predicted molar refractivity (Wildman–Crippen MR) is 72.5 cm³/mol. The van der Waals surface area contributed by atoms with E-state index in [0.717, 1.165) is 38.6 Å². The molecule has 3 fully saturated rings. The lowest BCUT2D eigenvalue weighted by Gasteiger charge is -2.47. The molecule has 4 nitrogen and oxygen atoms in total. The van der Waals surface area contributed by atoms with Crippen LogP contribution in [0, 0.1) is 5.41 Å². The normalized spacial score (nSPS) is 37.3. The SMILES string of the molecule is CCC1C(=O)N2CCCCC2C(=O)N1C1CC1(C)C. The highest BCUT2D eigenvalue weighted by atomic mass is 16.2. The van der Waals surface area contributed by atoms with Gasteiger partial charge < -0.3 is 9.80 Å². The summed E-state index contributed by atoms with van der Waals surface area (Å²) in [5, 5.41) is 0. The first-order valence-electron chi connectivity index (χ1n) is 7.60. The number of fused-ring (bicyclic) bond motifs is 1. The van der Waals surface area contributed by atoms with Crippen LogP contribution in [-0.2, 0) is 9.59 Å². The molecule has 106 valence electrons. The van der Waals surface area contributed by atoms with Gasteiger partial charge in [-0.25, -0.2) is 0 Å². The summed E-state index contributed by atoms with van der Waals surface area (Å²) in [6.07, 6.45) is 4.74. The van der Waals surface area contributed by atoms with Gasteiger partial charge >= 0.3 is 0 Å². The van der Waals surface area contributed by atoms with Crippen LogP contribution in [0.3, 0.4) is 0 Å². The van der Waals surface area contributed by atoms with Gasteiger partial charge in [0, 0.05) is 12.6 Å². The zero-order chi connectivity index (χ0) is 13.8. The fraction of sp³-hybridized carbons (Fsp3) is 0.867. The third kappa shape index (κ3) is 1.87. The van der Waals surface area contributed by atoms with E-state index in [-0.39, 0.29) is 35.4 Å². The maximum absolute atomic E-state index is 12.8. The van der Waals surface area contributed by atoms with Crippen molar-refractivity contribution in [3.8, 4) is 0 Å². The Morgan fingerprint density at radius 1 is 1.21 bits per heavy atom. The lowest BCUT2D eigenvalue weighted by Crippen LogP contribution is -2.66. The van der Waals surface area contributed by atoms with Crippen molar-refractivity contribution in [2.45, 2.75) is 71.0 Å². The Labute approximate surface area is 115 Å². The summed E-state index contributed by atoms with van der Waals surface area (Å²) < 4.78 is 0. The van der Waals surface area contributed by atoms with Crippen LogP contribution in [0.4, 0.5) is 0 Å². The number of piperazine rings is 1. The van der Waals surface area contributed by atoms with Crippen molar-refractivity contribution in [2.24, 2.45) is 5.41 Å². The Morgan fingerprint density at radius 3 is 2.47 bits per heavy atom. The number of nitrogens with zero attached hydrogens (tertiary/aromatic N) is 2. The zero-order valence-electron chi connectivity index (χ0n) is 12.2. The Hall–Kier alpha value is -1.06. The maximum Gasteiger partial charge on any atom is 0.246 e. The van der Waals surface area contributed by atoms with E-state index in [1.165, 1.54) is 0 Å². The van der Waals surface area contributed by atoms with Crippen LogP contribution >= 0.6 is 0 Å². The van der Waals surface area contributed by atoms with Crippen molar-refractivity contribution >= 4 is 11.8 Å². The van der Waals surface area contributed by atoms with Gasteiger partial charge in [-0.1, -0.05) is 20.8 Å². The van der Waals surface area contributed by atoms with E-state index in [1.807, 2.05) is 16.7 Å². The summed E-state index contributed by atoms with van der Waals surface area (Å²) in [7, 11) is 0. The maximum atomic E-state index is 12.8. The molecule has 2 aliphatic heterocycles. The minimum atomic E-state index is -0.214. The van der Waals surface area contributed by atoms with Crippen LogP contribution in [0.15, 0.2) is 0 Å². The van der Waals surface area contributed by atoms with Gasteiger partial charge in [0.2, 0.25) is 11.8 Å². The molecule has 4 heteroatoms. The molecule has 2 amide bonds. The average Bonchev–Trinajstić information content (AvgIpc) is 3.02. The van der Waals surface area contributed by atoms with Gasteiger partial charge in [0.1, 0.15) is 12.1 Å². The van der Waals surface area contributed by atoms with Crippen LogP contribution < -0.4 is 0 Å². The Morgan fingerprint density at radius 2 is 1.89 bits per heavy atom. The molecule has 0 aromatic carbocycles. The van der Waals surface area contributed by atoms with Crippen molar-refractivity contribution < 1.29 is 9.59 Å². The zero-order valence-corrected chi connectivity index (χ0v) is 12.2. The van der Waals surface area contributed by atoms with Crippen molar-refractivity contribution in [3.63, 3.8) is 0 Å². The van der Waals surface area contributed by atoms with Gasteiger partial charge in [0.05, 0.1) is 0 Å². The van der Waals surface area contributed by atoms with Gasteiger partial charge in [-0.2, -0.15) is 0 Å².